The average molecular weight is 491 g/mol. The maximum atomic E-state index is 13.6. The summed E-state index contributed by atoms with van der Waals surface area (Å²) in [4.78, 5) is 28.4. The Kier molecular flexibility index (Phi) is 9.74. The molecule has 0 spiro atoms. The minimum Gasteiger partial charge on any atom is -0.496 e. The van der Waals surface area contributed by atoms with Gasteiger partial charge in [0.25, 0.3) is 5.91 Å². The van der Waals surface area contributed by atoms with Gasteiger partial charge in [-0.25, -0.2) is 0 Å². The number of hydrogen-bond donors (Lipinski definition) is 1. The van der Waals surface area contributed by atoms with Crippen LogP contribution in [0.4, 0.5) is 0 Å². The first-order chi connectivity index (χ1) is 17.4. The highest BCUT2D eigenvalue weighted by atomic mass is 16.5. The molecule has 0 aromatic heterocycles. The van der Waals surface area contributed by atoms with Crippen molar-refractivity contribution in [3.8, 4) is 17.2 Å². The van der Waals surface area contributed by atoms with E-state index < -0.39 is 6.04 Å². The van der Waals surface area contributed by atoms with Crippen molar-refractivity contribution in [2.24, 2.45) is 0 Å². The molecule has 0 fully saturated rings. The van der Waals surface area contributed by atoms with Crippen LogP contribution in [0.1, 0.15) is 23.6 Å². The van der Waals surface area contributed by atoms with Crippen LogP contribution in [0, 0.1) is 6.92 Å². The molecule has 190 valence electrons. The van der Waals surface area contributed by atoms with Gasteiger partial charge < -0.3 is 24.4 Å². The van der Waals surface area contributed by atoms with E-state index in [-0.39, 0.29) is 25.0 Å². The number of hydrogen-bond acceptors (Lipinski definition) is 5. The van der Waals surface area contributed by atoms with E-state index in [4.69, 9.17) is 14.2 Å². The molecule has 0 saturated heterocycles. The van der Waals surface area contributed by atoms with Crippen LogP contribution >= 0.6 is 0 Å². The van der Waals surface area contributed by atoms with Crippen molar-refractivity contribution in [1.82, 2.24) is 10.2 Å². The zero-order valence-electron chi connectivity index (χ0n) is 21.3. The van der Waals surface area contributed by atoms with Gasteiger partial charge in [0.05, 0.1) is 14.2 Å². The molecule has 0 aliphatic rings. The number of nitrogens with one attached hydrogen (secondary N) is 1. The molecule has 3 aromatic carbocycles. The predicted molar refractivity (Wildman–Crippen MR) is 139 cm³/mol. The maximum absolute atomic E-state index is 13.6. The Balaban J connectivity index is 1.90. The third-order valence-corrected chi connectivity index (χ3v) is 5.74. The number of aryl methyl sites for hydroxylation is 1. The largest absolute Gasteiger partial charge is 0.496 e. The Morgan fingerprint density at radius 1 is 0.861 bits per heavy atom. The Hall–Kier alpha value is -4.00. The van der Waals surface area contributed by atoms with Crippen LogP contribution in [0.25, 0.3) is 0 Å². The van der Waals surface area contributed by atoms with Gasteiger partial charge in [-0.15, -0.1) is 0 Å². The van der Waals surface area contributed by atoms with E-state index in [9.17, 15) is 9.59 Å². The lowest BCUT2D eigenvalue weighted by atomic mass is 10.0. The average Bonchev–Trinajstić information content (AvgIpc) is 2.89. The van der Waals surface area contributed by atoms with Crippen molar-refractivity contribution >= 4 is 11.8 Å². The molecule has 0 aliphatic heterocycles. The number of ether oxygens (including phenoxy) is 3. The van der Waals surface area contributed by atoms with Gasteiger partial charge in [0.2, 0.25) is 5.91 Å². The summed E-state index contributed by atoms with van der Waals surface area (Å²) in [6.07, 6.45) is 0.386. The van der Waals surface area contributed by atoms with Crippen molar-refractivity contribution in [2.45, 2.75) is 32.9 Å². The molecule has 3 rings (SSSR count). The molecule has 1 atom stereocenters. The van der Waals surface area contributed by atoms with Crippen molar-refractivity contribution in [2.75, 3.05) is 27.4 Å². The second-order valence-electron chi connectivity index (χ2n) is 8.45. The number of carbonyl (C=O) groups excluding carboxylic acids is 2. The van der Waals surface area contributed by atoms with E-state index in [2.05, 4.69) is 5.32 Å². The van der Waals surface area contributed by atoms with Crippen molar-refractivity contribution < 1.29 is 23.8 Å². The zero-order valence-corrected chi connectivity index (χ0v) is 21.3. The fourth-order valence-electron chi connectivity index (χ4n) is 3.95. The minimum atomic E-state index is -0.705. The molecule has 3 aromatic rings. The molecule has 0 bridgehead atoms. The van der Waals surface area contributed by atoms with Crippen LogP contribution in [-0.2, 0) is 22.6 Å². The number of likely N-dealkylation sites (N-methyl/N-ethyl adjacent to an activating group) is 1. The van der Waals surface area contributed by atoms with Crippen molar-refractivity contribution in [3.63, 3.8) is 0 Å². The first kappa shape index (κ1) is 26.6. The van der Waals surface area contributed by atoms with Crippen molar-refractivity contribution in [1.29, 1.82) is 0 Å². The van der Waals surface area contributed by atoms with Crippen LogP contribution in [0.5, 0.6) is 17.2 Å². The van der Waals surface area contributed by atoms with E-state index in [1.54, 1.807) is 37.3 Å². The third kappa shape index (κ3) is 7.50. The molecule has 0 heterocycles. The zero-order chi connectivity index (χ0) is 25.9. The molecular weight excluding hydrogens is 456 g/mol. The smallest absolute Gasteiger partial charge is 0.261 e. The first-order valence-electron chi connectivity index (χ1n) is 12.0. The lowest BCUT2D eigenvalue weighted by molar-refractivity contribution is -0.142. The molecule has 0 saturated carbocycles. The number of methoxy groups -OCH3 is 2. The van der Waals surface area contributed by atoms with Gasteiger partial charge in [-0.2, -0.15) is 0 Å². The molecule has 2 amide bonds. The van der Waals surface area contributed by atoms with E-state index in [0.717, 1.165) is 16.7 Å². The quantitative estimate of drug-likeness (QED) is 0.412. The highest BCUT2D eigenvalue weighted by Crippen LogP contribution is 2.27. The van der Waals surface area contributed by atoms with Crippen LogP contribution in [-0.4, -0.2) is 50.1 Å². The summed E-state index contributed by atoms with van der Waals surface area (Å²) in [6.45, 7) is 4.37. The molecule has 1 N–H and O–H groups in total. The monoisotopic (exact) mass is 490 g/mol. The van der Waals surface area contributed by atoms with E-state index in [1.165, 1.54) is 0 Å². The number of carbonyl (C=O) groups is 2. The van der Waals surface area contributed by atoms with Gasteiger partial charge in [-0.1, -0.05) is 60.2 Å². The van der Waals surface area contributed by atoms with Gasteiger partial charge in [0.1, 0.15) is 23.3 Å². The SMILES string of the molecule is CCNC(=O)[C@H](Cc1ccccc1)N(Cc1cccc(C)c1)C(=O)COc1cc(OC)cc(OC)c1. The van der Waals surface area contributed by atoms with Gasteiger partial charge >= 0.3 is 0 Å². The topological polar surface area (TPSA) is 77.1 Å². The fraction of sp³-hybridized carbons (Fsp3) is 0.310. The summed E-state index contributed by atoms with van der Waals surface area (Å²) < 4.78 is 16.4. The van der Waals surface area contributed by atoms with Crippen LogP contribution in [0.2, 0.25) is 0 Å². The molecule has 36 heavy (non-hydrogen) atoms. The number of benzene rings is 3. The maximum Gasteiger partial charge on any atom is 0.261 e. The highest BCUT2D eigenvalue weighted by molar-refractivity contribution is 5.88. The molecule has 0 unspecified atom stereocenters. The second-order valence-corrected chi connectivity index (χ2v) is 8.45. The van der Waals surface area contributed by atoms with Gasteiger partial charge in [0.15, 0.2) is 6.61 Å². The third-order valence-electron chi connectivity index (χ3n) is 5.74. The number of amides is 2. The summed E-state index contributed by atoms with van der Waals surface area (Å²) in [5.41, 5.74) is 2.99. The van der Waals surface area contributed by atoms with Crippen LogP contribution in [0.15, 0.2) is 72.8 Å². The van der Waals surface area contributed by atoms with E-state index in [0.29, 0.717) is 30.2 Å². The molecular formula is C29H34N2O5. The predicted octanol–water partition coefficient (Wildman–Crippen LogP) is 4.17. The Morgan fingerprint density at radius 2 is 1.50 bits per heavy atom. The summed E-state index contributed by atoms with van der Waals surface area (Å²) in [6, 6.07) is 22.0. The molecule has 0 radical (unpaired) electrons. The number of nitrogens with zero attached hydrogens (tertiary/aromatic N) is 1. The number of rotatable bonds is 12. The van der Waals surface area contributed by atoms with Gasteiger partial charge in [-0.05, 0) is 25.0 Å². The summed E-state index contributed by atoms with van der Waals surface area (Å²) in [5.74, 6) is 1.04. The normalized spacial score (nSPS) is 11.3. The summed E-state index contributed by atoms with van der Waals surface area (Å²) >= 11 is 0. The lowest BCUT2D eigenvalue weighted by Gasteiger charge is -2.31. The molecule has 7 nitrogen and oxygen atoms in total. The van der Waals surface area contributed by atoms with E-state index >= 15 is 0 Å². The summed E-state index contributed by atoms with van der Waals surface area (Å²) in [7, 11) is 3.10. The van der Waals surface area contributed by atoms with E-state index in [1.807, 2.05) is 68.4 Å². The molecule has 7 heteroatoms. The Labute approximate surface area is 213 Å². The lowest BCUT2D eigenvalue weighted by Crippen LogP contribution is -2.51. The summed E-state index contributed by atoms with van der Waals surface area (Å²) in [5, 5.41) is 2.90. The van der Waals surface area contributed by atoms with Crippen LogP contribution < -0.4 is 19.5 Å². The van der Waals surface area contributed by atoms with Crippen molar-refractivity contribution in [3.05, 3.63) is 89.5 Å². The Morgan fingerprint density at radius 3 is 2.11 bits per heavy atom. The fourth-order valence-corrected chi connectivity index (χ4v) is 3.95. The minimum absolute atomic E-state index is 0.203. The Bertz CT molecular complexity index is 1130. The standard InChI is InChI=1S/C29H34N2O5/c1-5-30-29(33)27(15-22-11-7-6-8-12-22)31(19-23-13-9-10-21(2)14-23)28(32)20-36-26-17-24(34-3)16-25(18-26)35-4/h6-14,16-18,27H,5,15,19-20H2,1-4H3,(H,30,33)/t27-/m0/s1. The highest BCUT2D eigenvalue weighted by Gasteiger charge is 2.30. The second kappa shape index (κ2) is 13.2. The van der Waals surface area contributed by atoms with Gasteiger partial charge in [-0.3, -0.25) is 9.59 Å². The molecule has 0 aliphatic carbocycles. The van der Waals surface area contributed by atoms with Gasteiger partial charge in [0, 0.05) is 37.7 Å². The first-order valence-corrected chi connectivity index (χ1v) is 12.0. The van der Waals surface area contributed by atoms with Crippen LogP contribution in [0.3, 0.4) is 0 Å².